The summed E-state index contributed by atoms with van der Waals surface area (Å²) < 4.78 is 24.7. The summed E-state index contributed by atoms with van der Waals surface area (Å²) in [5.74, 6) is 1.16. The molecule has 1 amide bonds. The lowest BCUT2D eigenvalue weighted by Gasteiger charge is -2.24. The van der Waals surface area contributed by atoms with Crippen LogP contribution in [-0.2, 0) is 11.2 Å². The number of rotatable bonds is 6. The van der Waals surface area contributed by atoms with Gasteiger partial charge in [0.15, 0.2) is 0 Å². The SMILES string of the molecule is CCOc1cc2c(cc1/C=C/C(=O)N(C)C(C)c1ccc(F)cc1)OC(C)C2. The van der Waals surface area contributed by atoms with Crippen LogP contribution in [0.15, 0.2) is 42.5 Å². The molecule has 2 aromatic carbocycles. The number of carbonyl (C=O) groups is 1. The van der Waals surface area contributed by atoms with Crippen molar-refractivity contribution in [3.05, 3.63) is 65.0 Å². The van der Waals surface area contributed by atoms with Crippen LogP contribution < -0.4 is 9.47 Å². The molecule has 0 spiro atoms. The summed E-state index contributed by atoms with van der Waals surface area (Å²) in [6.07, 6.45) is 4.29. The Morgan fingerprint density at radius 3 is 2.75 bits per heavy atom. The van der Waals surface area contributed by atoms with Crippen molar-refractivity contribution in [1.82, 2.24) is 4.90 Å². The van der Waals surface area contributed by atoms with E-state index in [-0.39, 0.29) is 23.9 Å². The Morgan fingerprint density at radius 1 is 1.36 bits per heavy atom. The Kier molecular flexibility index (Phi) is 6.02. The fourth-order valence-electron chi connectivity index (χ4n) is 3.30. The van der Waals surface area contributed by atoms with E-state index in [4.69, 9.17) is 9.47 Å². The fourth-order valence-corrected chi connectivity index (χ4v) is 3.30. The van der Waals surface area contributed by atoms with Gasteiger partial charge in [0.05, 0.1) is 12.6 Å². The second-order valence-corrected chi connectivity index (χ2v) is 7.07. The molecule has 4 nitrogen and oxygen atoms in total. The van der Waals surface area contributed by atoms with E-state index >= 15 is 0 Å². The molecule has 2 unspecified atom stereocenters. The van der Waals surface area contributed by atoms with Gasteiger partial charge in [0.1, 0.15) is 23.4 Å². The molecule has 0 N–H and O–H groups in total. The van der Waals surface area contributed by atoms with E-state index in [9.17, 15) is 9.18 Å². The smallest absolute Gasteiger partial charge is 0.246 e. The molecule has 28 heavy (non-hydrogen) atoms. The van der Waals surface area contributed by atoms with Crippen molar-refractivity contribution in [2.45, 2.75) is 39.3 Å². The Balaban J connectivity index is 1.77. The minimum Gasteiger partial charge on any atom is -0.493 e. The number of halogens is 1. The van der Waals surface area contributed by atoms with Crippen molar-refractivity contribution in [1.29, 1.82) is 0 Å². The van der Waals surface area contributed by atoms with Crippen LogP contribution in [0.5, 0.6) is 11.5 Å². The third kappa shape index (κ3) is 4.35. The molecule has 1 aliphatic rings. The van der Waals surface area contributed by atoms with Crippen LogP contribution in [0.4, 0.5) is 4.39 Å². The van der Waals surface area contributed by atoms with Gasteiger partial charge in [0.2, 0.25) is 5.91 Å². The van der Waals surface area contributed by atoms with Gasteiger partial charge in [-0.05, 0) is 56.7 Å². The molecule has 1 aliphatic heterocycles. The molecule has 0 bridgehead atoms. The molecule has 0 radical (unpaired) electrons. The Morgan fingerprint density at radius 2 is 2.07 bits per heavy atom. The molecular weight excluding hydrogens is 357 g/mol. The number of amides is 1. The van der Waals surface area contributed by atoms with Gasteiger partial charge in [-0.1, -0.05) is 12.1 Å². The van der Waals surface area contributed by atoms with E-state index < -0.39 is 0 Å². The first-order valence-corrected chi connectivity index (χ1v) is 9.55. The second kappa shape index (κ2) is 8.46. The van der Waals surface area contributed by atoms with Crippen molar-refractivity contribution in [3.63, 3.8) is 0 Å². The van der Waals surface area contributed by atoms with E-state index in [0.717, 1.165) is 34.6 Å². The van der Waals surface area contributed by atoms with Crippen LogP contribution in [0.2, 0.25) is 0 Å². The number of hydrogen-bond donors (Lipinski definition) is 0. The van der Waals surface area contributed by atoms with E-state index in [1.165, 1.54) is 18.2 Å². The minimum absolute atomic E-state index is 0.144. The standard InChI is InChI=1S/C23H26FNO3/c1-5-27-21-14-19-12-15(2)28-22(19)13-18(21)8-11-23(26)25(4)16(3)17-6-9-20(24)10-7-17/h6-11,13-16H,5,12H2,1-4H3/b11-8+. The van der Waals surface area contributed by atoms with Crippen molar-refractivity contribution >= 4 is 12.0 Å². The topological polar surface area (TPSA) is 38.8 Å². The molecule has 2 atom stereocenters. The zero-order valence-electron chi connectivity index (χ0n) is 16.7. The number of likely N-dealkylation sites (N-methyl/N-ethyl adjacent to an activating group) is 1. The van der Waals surface area contributed by atoms with Crippen LogP contribution in [-0.4, -0.2) is 30.6 Å². The number of carbonyl (C=O) groups excluding carboxylic acids is 1. The van der Waals surface area contributed by atoms with Gasteiger partial charge in [-0.15, -0.1) is 0 Å². The number of ether oxygens (including phenoxy) is 2. The maximum absolute atomic E-state index is 13.1. The minimum atomic E-state index is -0.290. The highest BCUT2D eigenvalue weighted by molar-refractivity contribution is 5.92. The maximum Gasteiger partial charge on any atom is 0.246 e. The van der Waals surface area contributed by atoms with Crippen molar-refractivity contribution in [2.24, 2.45) is 0 Å². The Labute approximate surface area is 165 Å². The van der Waals surface area contributed by atoms with E-state index in [2.05, 4.69) is 0 Å². The summed E-state index contributed by atoms with van der Waals surface area (Å²) >= 11 is 0. The van der Waals surface area contributed by atoms with Gasteiger partial charge < -0.3 is 14.4 Å². The van der Waals surface area contributed by atoms with Gasteiger partial charge in [-0.2, -0.15) is 0 Å². The van der Waals surface area contributed by atoms with Gasteiger partial charge in [0, 0.05) is 30.7 Å². The summed E-state index contributed by atoms with van der Waals surface area (Å²) in [7, 11) is 1.73. The van der Waals surface area contributed by atoms with Gasteiger partial charge in [-0.25, -0.2) is 4.39 Å². The zero-order chi connectivity index (χ0) is 20.3. The first-order valence-electron chi connectivity index (χ1n) is 9.55. The van der Waals surface area contributed by atoms with Gasteiger partial charge in [0.25, 0.3) is 0 Å². The monoisotopic (exact) mass is 383 g/mol. The van der Waals surface area contributed by atoms with E-state index in [0.29, 0.717) is 6.61 Å². The molecule has 0 aliphatic carbocycles. The predicted octanol–water partition coefficient (Wildman–Crippen LogP) is 4.78. The largest absolute Gasteiger partial charge is 0.493 e. The first-order chi connectivity index (χ1) is 13.4. The quantitative estimate of drug-likeness (QED) is 0.674. The Bertz CT molecular complexity index is 876. The summed E-state index contributed by atoms with van der Waals surface area (Å²) in [4.78, 5) is 14.3. The number of benzene rings is 2. The highest BCUT2D eigenvalue weighted by Crippen LogP contribution is 2.35. The molecule has 0 saturated carbocycles. The highest BCUT2D eigenvalue weighted by Gasteiger charge is 2.21. The average molecular weight is 383 g/mol. The average Bonchev–Trinajstić information content (AvgIpc) is 3.04. The number of fused-ring (bicyclic) bond motifs is 1. The van der Waals surface area contributed by atoms with Crippen LogP contribution in [0.1, 0.15) is 43.5 Å². The highest BCUT2D eigenvalue weighted by atomic mass is 19.1. The molecule has 5 heteroatoms. The lowest BCUT2D eigenvalue weighted by atomic mass is 10.1. The lowest BCUT2D eigenvalue weighted by Crippen LogP contribution is -2.27. The van der Waals surface area contributed by atoms with Crippen molar-refractivity contribution < 1.29 is 18.7 Å². The predicted molar refractivity (Wildman–Crippen MR) is 108 cm³/mol. The number of nitrogens with zero attached hydrogens (tertiary/aromatic N) is 1. The van der Waals surface area contributed by atoms with Crippen LogP contribution >= 0.6 is 0 Å². The van der Waals surface area contributed by atoms with Crippen LogP contribution in [0, 0.1) is 5.82 Å². The molecule has 2 aromatic rings. The summed E-state index contributed by atoms with van der Waals surface area (Å²) in [6, 6.07) is 9.95. The van der Waals surface area contributed by atoms with Crippen LogP contribution in [0.3, 0.4) is 0 Å². The zero-order valence-corrected chi connectivity index (χ0v) is 16.7. The van der Waals surface area contributed by atoms with Gasteiger partial charge in [-0.3, -0.25) is 4.79 Å². The molecular formula is C23H26FNO3. The van der Waals surface area contributed by atoms with Crippen LogP contribution in [0.25, 0.3) is 6.08 Å². The third-order valence-electron chi connectivity index (χ3n) is 5.01. The summed E-state index contributed by atoms with van der Waals surface area (Å²) in [6.45, 7) is 6.43. The summed E-state index contributed by atoms with van der Waals surface area (Å²) in [5, 5.41) is 0. The maximum atomic E-state index is 13.1. The number of hydrogen-bond acceptors (Lipinski definition) is 3. The fraction of sp³-hybridized carbons (Fsp3) is 0.348. The molecule has 3 rings (SSSR count). The van der Waals surface area contributed by atoms with E-state index in [1.807, 2.05) is 32.9 Å². The normalized spacial score (nSPS) is 16.5. The molecule has 148 valence electrons. The van der Waals surface area contributed by atoms with Gasteiger partial charge >= 0.3 is 0 Å². The molecule has 0 aromatic heterocycles. The lowest BCUT2D eigenvalue weighted by molar-refractivity contribution is -0.126. The third-order valence-corrected chi connectivity index (χ3v) is 5.01. The Hall–Kier alpha value is -2.82. The first kappa shape index (κ1) is 19.9. The molecule has 0 saturated heterocycles. The molecule has 1 heterocycles. The van der Waals surface area contributed by atoms with Crippen molar-refractivity contribution in [3.8, 4) is 11.5 Å². The van der Waals surface area contributed by atoms with E-state index in [1.54, 1.807) is 30.2 Å². The summed E-state index contributed by atoms with van der Waals surface area (Å²) in [5.41, 5.74) is 2.81. The molecule has 0 fully saturated rings. The van der Waals surface area contributed by atoms with Crippen molar-refractivity contribution in [2.75, 3.05) is 13.7 Å². The second-order valence-electron chi connectivity index (χ2n) is 7.07.